The summed E-state index contributed by atoms with van der Waals surface area (Å²) in [5.74, 6) is -0.584. The SMILES string of the molecule is CCCCNS(=O)(=O)c1cc(CC)cc(C(Nc2ccc(C#N)cc2)C(=O)OCC)c1N. The molecule has 0 fully saturated rings. The Hall–Kier alpha value is -3.09. The first-order chi connectivity index (χ1) is 15.3. The summed E-state index contributed by atoms with van der Waals surface area (Å²) in [5.41, 5.74) is 8.40. The number of nitriles is 1. The zero-order valence-corrected chi connectivity index (χ0v) is 19.5. The number of anilines is 2. The van der Waals surface area contributed by atoms with Crippen molar-refractivity contribution < 1.29 is 17.9 Å². The van der Waals surface area contributed by atoms with E-state index >= 15 is 0 Å². The van der Waals surface area contributed by atoms with E-state index in [-0.39, 0.29) is 17.2 Å². The number of rotatable bonds is 11. The van der Waals surface area contributed by atoms with Gasteiger partial charge in [-0.2, -0.15) is 5.26 Å². The van der Waals surface area contributed by atoms with Gasteiger partial charge in [0.2, 0.25) is 10.0 Å². The largest absolute Gasteiger partial charge is 0.464 e. The minimum atomic E-state index is -3.86. The summed E-state index contributed by atoms with van der Waals surface area (Å²) in [5, 5.41) is 12.1. The second-order valence-corrected chi connectivity index (χ2v) is 8.96. The van der Waals surface area contributed by atoms with Crippen molar-refractivity contribution in [2.75, 3.05) is 24.2 Å². The lowest BCUT2D eigenvalue weighted by Crippen LogP contribution is -2.28. The van der Waals surface area contributed by atoms with Gasteiger partial charge in [-0.3, -0.25) is 0 Å². The van der Waals surface area contributed by atoms with E-state index in [0.717, 1.165) is 12.0 Å². The lowest BCUT2D eigenvalue weighted by atomic mass is 10.00. The maximum atomic E-state index is 12.9. The molecule has 0 saturated heterocycles. The molecule has 2 aromatic rings. The maximum absolute atomic E-state index is 12.9. The molecule has 172 valence electrons. The number of sulfonamides is 1. The average Bonchev–Trinajstić information content (AvgIpc) is 2.78. The third-order valence-electron chi connectivity index (χ3n) is 4.91. The van der Waals surface area contributed by atoms with Crippen molar-refractivity contribution in [2.24, 2.45) is 0 Å². The van der Waals surface area contributed by atoms with Gasteiger partial charge >= 0.3 is 5.97 Å². The number of carbonyl (C=O) groups excluding carboxylic acids is 1. The van der Waals surface area contributed by atoms with Crippen molar-refractivity contribution in [3.05, 3.63) is 53.1 Å². The van der Waals surface area contributed by atoms with Crippen molar-refractivity contribution in [1.29, 1.82) is 5.26 Å². The van der Waals surface area contributed by atoms with Gasteiger partial charge in [-0.15, -0.1) is 0 Å². The Kier molecular flexibility index (Phi) is 9.05. The maximum Gasteiger partial charge on any atom is 0.333 e. The van der Waals surface area contributed by atoms with Gasteiger partial charge in [-0.1, -0.05) is 26.3 Å². The molecule has 0 aliphatic rings. The zero-order valence-electron chi connectivity index (χ0n) is 18.6. The van der Waals surface area contributed by atoms with Crippen molar-refractivity contribution in [1.82, 2.24) is 4.72 Å². The first-order valence-corrected chi connectivity index (χ1v) is 12.1. The van der Waals surface area contributed by atoms with Crippen LogP contribution in [0.15, 0.2) is 41.3 Å². The molecule has 32 heavy (non-hydrogen) atoms. The van der Waals surface area contributed by atoms with Crippen molar-refractivity contribution in [2.45, 2.75) is 51.0 Å². The summed E-state index contributed by atoms with van der Waals surface area (Å²) in [4.78, 5) is 12.8. The highest BCUT2D eigenvalue weighted by molar-refractivity contribution is 7.89. The Bertz CT molecular complexity index is 1080. The van der Waals surface area contributed by atoms with E-state index < -0.39 is 22.0 Å². The molecule has 9 heteroatoms. The van der Waals surface area contributed by atoms with Crippen molar-refractivity contribution >= 4 is 27.4 Å². The third-order valence-corrected chi connectivity index (χ3v) is 6.41. The van der Waals surface area contributed by atoms with Crippen LogP contribution in [0.2, 0.25) is 0 Å². The molecule has 8 nitrogen and oxygen atoms in total. The number of nitrogens with zero attached hydrogens (tertiary/aromatic N) is 1. The molecule has 0 amide bonds. The fourth-order valence-corrected chi connectivity index (χ4v) is 4.41. The molecule has 1 atom stereocenters. The van der Waals surface area contributed by atoms with Crippen LogP contribution in [0.4, 0.5) is 11.4 Å². The summed E-state index contributed by atoms with van der Waals surface area (Å²) < 4.78 is 33.7. The van der Waals surface area contributed by atoms with Crippen molar-refractivity contribution in [3.63, 3.8) is 0 Å². The van der Waals surface area contributed by atoms with Crippen molar-refractivity contribution in [3.8, 4) is 6.07 Å². The molecule has 0 radical (unpaired) electrons. The van der Waals surface area contributed by atoms with E-state index in [9.17, 15) is 13.2 Å². The molecule has 0 heterocycles. The Morgan fingerprint density at radius 2 is 1.88 bits per heavy atom. The van der Waals surface area contributed by atoms with E-state index in [1.165, 1.54) is 6.07 Å². The molecule has 2 rings (SSSR count). The van der Waals surface area contributed by atoms with Crippen LogP contribution in [0.1, 0.15) is 56.3 Å². The van der Waals surface area contributed by atoms with E-state index in [1.54, 1.807) is 37.3 Å². The van der Waals surface area contributed by atoms with Gasteiger partial charge in [-0.25, -0.2) is 17.9 Å². The Morgan fingerprint density at radius 3 is 2.44 bits per heavy atom. The fourth-order valence-electron chi connectivity index (χ4n) is 3.13. The molecule has 0 bridgehead atoms. The Balaban J connectivity index is 2.56. The minimum absolute atomic E-state index is 0.00889. The molecule has 0 aromatic heterocycles. The fraction of sp³-hybridized carbons (Fsp3) is 0.391. The topological polar surface area (TPSA) is 134 Å². The van der Waals surface area contributed by atoms with Crippen LogP contribution in [0.25, 0.3) is 0 Å². The highest BCUT2D eigenvalue weighted by Gasteiger charge is 2.29. The zero-order chi connectivity index (χ0) is 23.7. The normalized spacial score (nSPS) is 12.1. The standard InChI is InChI=1S/C23H30N4O4S/c1-4-7-12-26-32(29,30)20-14-16(5-2)13-19(21(20)25)22(23(28)31-6-3)27-18-10-8-17(15-24)9-11-18/h8-11,13-14,22,26-27H,4-7,12,25H2,1-3H3. The number of hydrogen-bond donors (Lipinski definition) is 3. The van der Waals surface area contributed by atoms with Gasteiger partial charge in [0.05, 0.1) is 23.9 Å². The number of carbonyl (C=O) groups is 1. The molecular weight excluding hydrogens is 428 g/mol. The van der Waals surface area contributed by atoms with Gasteiger partial charge in [0.15, 0.2) is 6.04 Å². The van der Waals surface area contributed by atoms with Gasteiger partial charge < -0.3 is 15.8 Å². The van der Waals surface area contributed by atoms with E-state index in [4.69, 9.17) is 15.7 Å². The van der Waals surface area contributed by atoms with Crippen LogP contribution in [-0.2, 0) is 26.0 Å². The molecule has 0 saturated carbocycles. The first-order valence-electron chi connectivity index (χ1n) is 10.6. The first kappa shape index (κ1) is 25.2. The number of nitrogens with one attached hydrogen (secondary N) is 2. The van der Waals surface area contributed by atoms with E-state index in [2.05, 4.69) is 10.0 Å². The molecule has 0 spiro atoms. The Morgan fingerprint density at radius 1 is 1.19 bits per heavy atom. The summed E-state index contributed by atoms with van der Waals surface area (Å²) in [6, 6.07) is 10.8. The second kappa shape index (κ2) is 11.5. The number of aryl methyl sites for hydroxylation is 1. The molecule has 0 aliphatic heterocycles. The molecule has 4 N–H and O–H groups in total. The van der Waals surface area contributed by atoms with Crippen LogP contribution < -0.4 is 15.8 Å². The van der Waals surface area contributed by atoms with Crippen LogP contribution in [-0.4, -0.2) is 27.5 Å². The minimum Gasteiger partial charge on any atom is -0.464 e. The summed E-state index contributed by atoms with van der Waals surface area (Å²) in [6.45, 7) is 6.01. The average molecular weight is 459 g/mol. The van der Waals surface area contributed by atoms with Gasteiger partial charge in [0, 0.05) is 17.8 Å². The van der Waals surface area contributed by atoms with E-state index in [0.29, 0.717) is 36.2 Å². The van der Waals surface area contributed by atoms with Crippen LogP contribution in [0.5, 0.6) is 0 Å². The second-order valence-electron chi connectivity index (χ2n) is 7.22. The van der Waals surface area contributed by atoms with Crippen LogP contribution in [0.3, 0.4) is 0 Å². The Labute approximate surface area is 189 Å². The number of nitrogen functional groups attached to an aromatic ring is 1. The predicted octanol–water partition coefficient (Wildman–Crippen LogP) is 3.50. The monoisotopic (exact) mass is 458 g/mol. The number of nitrogens with two attached hydrogens (primary N) is 1. The molecule has 2 aromatic carbocycles. The summed E-state index contributed by atoms with van der Waals surface area (Å²) in [6.07, 6.45) is 2.10. The third kappa shape index (κ3) is 6.22. The number of unbranched alkanes of at least 4 members (excludes halogenated alkanes) is 1. The highest BCUT2D eigenvalue weighted by Crippen LogP contribution is 2.32. The number of esters is 1. The van der Waals surface area contributed by atoms with Crippen LogP contribution in [0, 0.1) is 11.3 Å². The lowest BCUT2D eigenvalue weighted by molar-refractivity contribution is -0.144. The van der Waals surface area contributed by atoms with Gasteiger partial charge in [0.1, 0.15) is 4.90 Å². The molecular formula is C23H30N4O4S. The van der Waals surface area contributed by atoms with Crippen LogP contribution >= 0.6 is 0 Å². The number of ether oxygens (including phenoxy) is 1. The van der Waals surface area contributed by atoms with Gasteiger partial charge in [-0.05, 0) is 55.7 Å². The van der Waals surface area contributed by atoms with Gasteiger partial charge in [0.25, 0.3) is 0 Å². The summed E-state index contributed by atoms with van der Waals surface area (Å²) >= 11 is 0. The molecule has 0 aliphatic carbocycles. The summed E-state index contributed by atoms with van der Waals surface area (Å²) in [7, 11) is -3.86. The lowest BCUT2D eigenvalue weighted by Gasteiger charge is -2.23. The smallest absolute Gasteiger partial charge is 0.333 e. The number of benzene rings is 2. The van der Waals surface area contributed by atoms with E-state index in [1.807, 2.05) is 19.9 Å². The highest BCUT2D eigenvalue weighted by atomic mass is 32.2. The molecule has 1 unspecified atom stereocenters. The quantitative estimate of drug-likeness (QED) is 0.266. The predicted molar refractivity (Wildman–Crippen MR) is 124 cm³/mol. The number of hydrogen-bond acceptors (Lipinski definition) is 7.